The van der Waals surface area contributed by atoms with Gasteiger partial charge < -0.3 is 9.59 Å². The van der Waals surface area contributed by atoms with Crippen LogP contribution in [0.1, 0.15) is 33.1 Å². The summed E-state index contributed by atoms with van der Waals surface area (Å²) in [7, 11) is -1.06. The maximum Gasteiger partial charge on any atom is 0.397 e. The molecule has 0 rings (SSSR count). The van der Waals surface area contributed by atoms with Crippen LogP contribution in [0.2, 0.25) is 0 Å². The number of likely N-dealkylation sites (N-methyl/N-ethyl adjacent to an activating group) is 1. The third-order valence-corrected chi connectivity index (χ3v) is 3.34. The molecule has 18 heavy (non-hydrogen) atoms. The van der Waals surface area contributed by atoms with E-state index in [9.17, 15) is 8.42 Å². The van der Waals surface area contributed by atoms with Gasteiger partial charge in [0.15, 0.2) is 0 Å². The summed E-state index contributed by atoms with van der Waals surface area (Å²) in [5, 5.41) is 8.87. The van der Waals surface area contributed by atoms with Crippen molar-refractivity contribution in [3.8, 4) is 0 Å². The minimum Gasteiger partial charge on any atom is -0.391 e. The minimum absolute atomic E-state index is 0.316. The van der Waals surface area contributed by atoms with Crippen molar-refractivity contribution in [2.24, 2.45) is 0 Å². The van der Waals surface area contributed by atoms with E-state index >= 15 is 0 Å². The summed E-state index contributed by atoms with van der Waals surface area (Å²) >= 11 is 0. The number of aliphatic hydroxyl groups excluding tert-OH is 1. The molecule has 0 saturated heterocycles. The molecule has 7 heteroatoms. The SMILES string of the molecule is CCCCC[N+](C)(CC)CCO.COS(=O)(=O)O. The second kappa shape index (κ2) is 10.7. The summed E-state index contributed by atoms with van der Waals surface area (Å²) in [5.74, 6) is 0. The molecule has 0 bridgehead atoms. The predicted octanol–water partition coefficient (Wildman–Crippen LogP) is 1.07. The fraction of sp³-hybridized carbons (Fsp3) is 1.00. The Balaban J connectivity index is 0. The van der Waals surface area contributed by atoms with Crippen molar-refractivity contribution in [2.45, 2.75) is 33.1 Å². The highest BCUT2D eigenvalue weighted by atomic mass is 32.3. The van der Waals surface area contributed by atoms with E-state index in [4.69, 9.17) is 9.66 Å². The summed E-state index contributed by atoms with van der Waals surface area (Å²) in [6.07, 6.45) is 3.89. The van der Waals surface area contributed by atoms with E-state index in [1.807, 2.05) is 0 Å². The van der Waals surface area contributed by atoms with Crippen LogP contribution in [0.5, 0.6) is 0 Å². The van der Waals surface area contributed by atoms with Gasteiger partial charge in [-0.05, 0) is 19.8 Å². The number of hydrogen-bond acceptors (Lipinski definition) is 4. The Kier molecular flexibility index (Phi) is 11.9. The average Bonchev–Trinajstić information content (AvgIpc) is 2.30. The van der Waals surface area contributed by atoms with E-state index < -0.39 is 10.4 Å². The maximum atomic E-state index is 9.33. The number of nitrogens with zero attached hydrogens (tertiary/aromatic N) is 1. The lowest BCUT2D eigenvalue weighted by molar-refractivity contribution is -0.908. The van der Waals surface area contributed by atoms with E-state index in [0.29, 0.717) is 6.61 Å². The summed E-state index contributed by atoms with van der Waals surface area (Å²) in [6.45, 7) is 7.98. The van der Waals surface area contributed by atoms with Gasteiger partial charge in [0.25, 0.3) is 0 Å². The van der Waals surface area contributed by atoms with E-state index in [-0.39, 0.29) is 0 Å². The highest BCUT2D eigenvalue weighted by molar-refractivity contribution is 7.80. The lowest BCUT2D eigenvalue weighted by Crippen LogP contribution is -2.46. The molecular weight excluding hydrogens is 258 g/mol. The van der Waals surface area contributed by atoms with Crippen molar-refractivity contribution in [3.05, 3.63) is 0 Å². The van der Waals surface area contributed by atoms with Gasteiger partial charge in [-0.25, -0.2) is 0 Å². The van der Waals surface area contributed by atoms with Crippen molar-refractivity contribution >= 4 is 10.4 Å². The van der Waals surface area contributed by atoms with Crippen LogP contribution >= 0.6 is 0 Å². The van der Waals surface area contributed by atoms with Gasteiger partial charge in [0.2, 0.25) is 0 Å². The number of hydrogen-bond donors (Lipinski definition) is 2. The number of aliphatic hydroxyl groups is 1. The summed E-state index contributed by atoms with van der Waals surface area (Å²) in [5.41, 5.74) is 0. The first-order valence-corrected chi connectivity index (χ1v) is 7.58. The molecule has 0 aromatic carbocycles. The Labute approximate surface area is 111 Å². The topological polar surface area (TPSA) is 83.8 Å². The fourth-order valence-electron chi connectivity index (χ4n) is 1.41. The van der Waals surface area contributed by atoms with Gasteiger partial charge in [-0.3, -0.25) is 8.74 Å². The second-order valence-electron chi connectivity index (χ2n) is 4.41. The normalized spacial score (nSPS) is 14.6. The smallest absolute Gasteiger partial charge is 0.391 e. The summed E-state index contributed by atoms with van der Waals surface area (Å²) < 4.78 is 30.7. The van der Waals surface area contributed by atoms with E-state index in [2.05, 4.69) is 25.1 Å². The third-order valence-electron chi connectivity index (χ3n) is 2.92. The van der Waals surface area contributed by atoms with E-state index in [0.717, 1.165) is 24.7 Å². The third kappa shape index (κ3) is 13.9. The Morgan fingerprint density at radius 1 is 1.17 bits per heavy atom. The van der Waals surface area contributed by atoms with Gasteiger partial charge >= 0.3 is 10.4 Å². The lowest BCUT2D eigenvalue weighted by Gasteiger charge is -2.32. The predicted molar refractivity (Wildman–Crippen MR) is 71.6 cm³/mol. The van der Waals surface area contributed by atoms with Gasteiger partial charge in [-0.1, -0.05) is 13.3 Å². The Hall–Kier alpha value is -0.210. The average molecular weight is 286 g/mol. The van der Waals surface area contributed by atoms with Gasteiger partial charge in [0.1, 0.15) is 6.54 Å². The molecule has 0 spiro atoms. The largest absolute Gasteiger partial charge is 0.397 e. The molecule has 0 aromatic rings. The van der Waals surface area contributed by atoms with Crippen LogP contribution in [-0.4, -0.2) is 63.0 Å². The van der Waals surface area contributed by atoms with Crippen molar-refractivity contribution in [3.63, 3.8) is 0 Å². The van der Waals surface area contributed by atoms with Crippen molar-refractivity contribution in [1.82, 2.24) is 0 Å². The zero-order valence-corrected chi connectivity index (χ0v) is 12.7. The molecule has 0 aliphatic rings. The van der Waals surface area contributed by atoms with Gasteiger partial charge in [0, 0.05) is 0 Å². The molecule has 6 nitrogen and oxygen atoms in total. The van der Waals surface area contributed by atoms with Crippen LogP contribution in [-0.2, 0) is 14.6 Å². The van der Waals surface area contributed by atoms with Gasteiger partial charge in [-0.2, -0.15) is 8.42 Å². The molecule has 0 saturated carbocycles. The van der Waals surface area contributed by atoms with Crippen LogP contribution in [0.3, 0.4) is 0 Å². The summed E-state index contributed by atoms with van der Waals surface area (Å²) in [6, 6.07) is 0. The Morgan fingerprint density at radius 3 is 1.94 bits per heavy atom. The number of quaternary nitrogens is 1. The molecule has 112 valence electrons. The molecule has 0 amide bonds. The standard InChI is InChI=1S/C10H24NO.CH4O4S/c1-4-6-7-8-11(3,5-2)9-10-12;1-5-6(2,3)4/h12H,4-10H2,1-3H3;1H3,(H,2,3,4)/q+1;. The van der Waals surface area contributed by atoms with Crippen LogP contribution in [0.15, 0.2) is 0 Å². The first-order valence-electron chi connectivity index (χ1n) is 6.22. The Bertz CT molecular complexity index is 281. The van der Waals surface area contributed by atoms with Crippen molar-refractivity contribution < 1.29 is 26.7 Å². The molecule has 2 N–H and O–H groups in total. The molecule has 0 aromatic heterocycles. The van der Waals surface area contributed by atoms with Gasteiger partial charge in [0.05, 0.1) is 33.9 Å². The first kappa shape index (κ1) is 20.1. The molecule has 0 fully saturated rings. The van der Waals surface area contributed by atoms with E-state index in [1.54, 1.807) is 0 Å². The molecule has 0 aliphatic carbocycles. The van der Waals surface area contributed by atoms with Crippen LogP contribution in [0.4, 0.5) is 0 Å². The first-order chi connectivity index (χ1) is 8.24. The van der Waals surface area contributed by atoms with E-state index in [1.165, 1.54) is 25.8 Å². The number of rotatable bonds is 8. The molecule has 1 atom stereocenters. The molecule has 1 unspecified atom stereocenters. The van der Waals surface area contributed by atoms with Crippen LogP contribution < -0.4 is 0 Å². The van der Waals surface area contributed by atoms with Gasteiger partial charge in [-0.15, -0.1) is 0 Å². The molecule has 0 aliphatic heterocycles. The molecule has 0 radical (unpaired) electrons. The summed E-state index contributed by atoms with van der Waals surface area (Å²) in [4.78, 5) is 0. The molecule has 0 heterocycles. The number of unbranched alkanes of at least 4 members (excludes halogenated alkanes) is 2. The molecular formula is C11H28NO5S+. The highest BCUT2D eigenvalue weighted by Gasteiger charge is 2.16. The fourth-order valence-corrected chi connectivity index (χ4v) is 1.41. The zero-order valence-electron chi connectivity index (χ0n) is 11.9. The van der Waals surface area contributed by atoms with Crippen LogP contribution in [0, 0.1) is 0 Å². The van der Waals surface area contributed by atoms with Crippen molar-refractivity contribution in [2.75, 3.05) is 40.4 Å². The second-order valence-corrected chi connectivity index (χ2v) is 5.60. The van der Waals surface area contributed by atoms with Crippen LogP contribution in [0.25, 0.3) is 0 Å². The lowest BCUT2D eigenvalue weighted by atomic mass is 10.2. The minimum atomic E-state index is -4.16. The monoisotopic (exact) mass is 286 g/mol. The van der Waals surface area contributed by atoms with Crippen molar-refractivity contribution in [1.29, 1.82) is 0 Å². The Morgan fingerprint density at radius 2 is 1.67 bits per heavy atom. The maximum absolute atomic E-state index is 9.33. The quantitative estimate of drug-likeness (QED) is 0.396. The zero-order chi connectivity index (χ0) is 14.7. The highest BCUT2D eigenvalue weighted by Crippen LogP contribution is 2.05.